The molecule has 136 valence electrons. The van der Waals surface area contributed by atoms with Gasteiger partial charge in [0.1, 0.15) is 5.58 Å². The van der Waals surface area contributed by atoms with Crippen molar-refractivity contribution in [2.24, 2.45) is 0 Å². The summed E-state index contributed by atoms with van der Waals surface area (Å²) in [6, 6.07) is 1.10. The van der Waals surface area contributed by atoms with E-state index in [0.29, 0.717) is 11.0 Å². The van der Waals surface area contributed by atoms with Gasteiger partial charge in [-0.15, -0.1) is 12.4 Å². The molecule has 0 unspecified atom stereocenters. The Morgan fingerprint density at radius 3 is 2.44 bits per heavy atom. The van der Waals surface area contributed by atoms with Crippen LogP contribution in [0.25, 0.3) is 11.0 Å². The van der Waals surface area contributed by atoms with Crippen LogP contribution in [0.5, 0.6) is 0 Å². The fourth-order valence-corrected chi connectivity index (χ4v) is 3.83. The number of carboxylic acid groups (broad SMARTS) is 1. The van der Waals surface area contributed by atoms with Gasteiger partial charge in [-0.05, 0) is 48.8 Å². The molecule has 3 rings (SSSR count). The van der Waals surface area contributed by atoms with Gasteiger partial charge in [0.15, 0.2) is 5.43 Å². The number of hydrogen-bond acceptors (Lipinski definition) is 4. The number of carboxylic acids is 1. The van der Waals surface area contributed by atoms with Crippen LogP contribution in [0.4, 0.5) is 5.69 Å². The Bertz CT molecular complexity index is 870. The van der Waals surface area contributed by atoms with E-state index < -0.39 is 5.97 Å². The molecule has 0 amide bonds. The first-order valence-electron chi connectivity index (χ1n) is 8.50. The minimum Gasteiger partial charge on any atom is -0.475 e. The number of rotatable bonds is 4. The number of nitrogens with zero attached hydrogens (tertiary/aromatic N) is 1. The summed E-state index contributed by atoms with van der Waals surface area (Å²) >= 11 is 0. The van der Waals surface area contributed by atoms with Gasteiger partial charge in [0, 0.05) is 20.2 Å². The van der Waals surface area contributed by atoms with Gasteiger partial charge in [0.25, 0.3) is 0 Å². The van der Waals surface area contributed by atoms with Crippen molar-refractivity contribution in [2.75, 3.05) is 19.0 Å². The van der Waals surface area contributed by atoms with E-state index in [1.807, 2.05) is 19.0 Å². The molecule has 0 spiro atoms. The van der Waals surface area contributed by atoms with Crippen molar-refractivity contribution in [2.45, 2.75) is 45.4 Å². The Labute approximate surface area is 153 Å². The van der Waals surface area contributed by atoms with E-state index >= 15 is 0 Å². The van der Waals surface area contributed by atoms with Crippen molar-refractivity contribution >= 4 is 35.0 Å². The number of hydrogen-bond donors (Lipinski definition) is 1. The van der Waals surface area contributed by atoms with Crippen LogP contribution in [0.3, 0.4) is 0 Å². The Morgan fingerprint density at radius 2 is 1.88 bits per heavy atom. The third-order valence-corrected chi connectivity index (χ3v) is 4.73. The number of carbonyl (C=O) groups is 1. The summed E-state index contributed by atoms with van der Waals surface area (Å²) in [7, 11) is 3.85. The highest BCUT2D eigenvalue weighted by atomic mass is 35.5. The minimum atomic E-state index is -1.21. The van der Waals surface area contributed by atoms with E-state index in [-0.39, 0.29) is 23.6 Å². The molecule has 1 aliphatic carbocycles. The minimum absolute atomic E-state index is 0. The monoisotopic (exact) mass is 365 g/mol. The normalized spacial score (nSPS) is 13.2. The molecule has 1 N–H and O–H groups in total. The summed E-state index contributed by atoms with van der Waals surface area (Å²) in [5.41, 5.74) is 4.59. The van der Waals surface area contributed by atoms with Crippen LogP contribution < -0.4 is 10.3 Å². The first-order valence-corrected chi connectivity index (χ1v) is 8.50. The molecule has 5 nitrogen and oxygen atoms in total. The first-order chi connectivity index (χ1) is 11.5. The Balaban J connectivity index is 0.00000225. The molecule has 0 aliphatic heterocycles. The maximum absolute atomic E-state index is 12.7. The maximum Gasteiger partial charge on any atom is 0.371 e. The zero-order chi connectivity index (χ0) is 17.4. The highest BCUT2D eigenvalue weighted by Gasteiger charge is 2.26. The predicted molar refractivity (Wildman–Crippen MR) is 102 cm³/mol. The number of benzene rings is 1. The van der Waals surface area contributed by atoms with Crippen LogP contribution in [0.1, 0.15) is 53.4 Å². The molecule has 0 saturated carbocycles. The lowest BCUT2D eigenvalue weighted by atomic mass is 9.83. The molecule has 0 fully saturated rings. The molecular weight excluding hydrogens is 342 g/mol. The molecule has 25 heavy (non-hydrogen) atoms. The smallest absolute Gasteiger partial charge is 0.371 e. The largest absolute Gasteiger partial charge is 0.475 e. The van der Waals surface area contributed by atoms with Crippen LogP contribution in [0, 0.1) is 0 Å². The molecule has 0 atom stereocenters. The average Bonchev–Trinajstić information content (AvgIpc) is 2.54. The first kappa shape index (κ1) is 19.3. The zero-order valence-electron chi connectivity index (χ0n) is 14.8. The quantitative estimate of drug-likeness (QED) is 0.892. The number of fused-ring (bicyclic) bond motifs is 2. The highest BCUT2D eigenvalue weighted by molar-refractivity contribution is 5.97. The van der Waals surface area contributed by atoms with Crippen molar-refractivity contribution in [1.82, 2.24) is 0 Å². The van der Waals surface area contributed by atoms with E-state index in [0.717, 1.165) is 55.8 Å². The van der Waals surface area contributed by atoms with Gasteiger partial charge >= 0.3 is 5.97 Å². The van der Waals surface area contributed by atoms with Crippen molar-refractivity contribution < 1.29 is 14.3 Å². The van der Waals surface area contributed by atoms with Crippen molar-refractivity contribution in [3.8, 4) is 0 Å². The Kier molecular flexibility index (Phi) is 5.78. The van der Waals surface area contributed by atoms with Gasteiger partial charge in [-0.25, -0.2) is 4.79 Å². The molecule has 1 aromatic heterocycles. The van der Waals surface area contributed by atoms with Crippen LogP contribution in [-0.2, 0) is 19.3 Å². The summed E-state index contributed by atoms with van der Waals surface area (Å²) in [5, 5.41) is 9.79. The van der Waals surface area contributed by atoms with Gasteiger partial charge in [-0.1, -0.05) is 13.3 Å². The van der Waals surface area contributed by atoms with Crippen molar-refractivity contribution in [1.29, 1.82) is 0 Å². The summed E-state index contributed by atoms with van der Waals surface area (Å²) in [6.07, 6.45) is 5.86. The molecule has 0 radical (unpaired) electrons. The second kappa shape index (κ2) is 7.48. The molecule has 0 saturated heterocycles. The molecule has 1 aromatic carbocycles. The standard InChI is InChI=1S/C19H23NO4.ClH/c1-4-7-13-11-8-5-6-9-12(11)17(20(2)3)16-14(21)10-15(19(22)23)24-18(13)16;/h10H,4-9H2,1-3H3,(H,22,23);1H. The van der Waals surface area contributed by atoms with Crippen LogP contribution >= 0.6 is 12.4 Å². The third-order valence-electron chi connectivity index (χ3n) is 4.73. The Morgan fingerprint density at radius 1 is 1.24 bits per heavy atom. The van der Waals surface area contributed by atoms with Crippen molar-refractivity contribution in [3.05, 3.63) is 38.7 Å². The van der Waals surface area contributed by atoms with E-state index in [1.165, 1.54) is 11.1 Å². The summed E-state index contributed by atoms with van der Waals surface area (Å²) in [5.74, 6) is -1.49. The predicted octanol–water partition coefficient (Wildman–Crippen LogP) is 3.81. The van der Waals surface area contributed by atoms with Crippen molar-refractivity contribution in [3.63, 3.8) is 0 Å². The van der Waals surface area contributed by atoms with E-state index in [2.05, 4.69) is 6.92 Å². The summed E-state index contributed by atoms with van der Waals surface area (Å²) < 4.78 is 5.72. The van der Waals surface area contributed by atoms with Gasteiger partial charge in [0.2, 0.25) is 5.76 Å². The third kappa shape index (κ3) is 3.25. The SMILES string of the molecule is CCCc1c2c(c(N(C)C)c3c(=O)cc(C(=O)O)oc13)CCCC2.Cl. The van der Waals surface area contributed by atoms with Gasteiger partial charge < -0.3 is 14.4 Å². The lowest BCUT2D eigenvalue weighted by Gasteiger charge is -2.28. The molecule has 0 bridgehead atoms. The lowest BCUT2D eigenvalue weighted by molar-refractivity contribution is 0.0663. The number of aromatic carboxylic acids is 1. The highest BCUT2D eigenvalue weighted by Crippen LogP contribution is 2.39. The topological polar surface area (TPSA) is 70.8 Å². The number of halogens is 1. The molecule has 1 aliphatic rings. The lowest BCUT2D eigenvalue weighted by Crippen LogP contribution is -2.21. The van der Waals surface area contributed by atoms with Gasteiger partial charge in [0.05, 0.1) is 11.1 Å². The summed E-state index contributed by atoms with van der Waals surface area (Å²) in [6.45, 7) is 2.08. The maximum atomic E-state index is 12.7. The van der Waals surface area contributed by atoms with Gasteiger partial charge in [-0.2, -0.15) is 0 Å². The van der Waals surface area contributed by atoms with E-state index in [1.54, 1.807) is 0 Å². The average molecular weight is 366 g/mol. The van der Waals surface area contributed by atoms with Crippen LogP contribution in [0.15, 0.2) is 15.3 Å². The second-order valence-electron chi connectivity index (χ2n) is 6.62. The number of anilines is 1. The zero-order valence-corrected chi connectivity index (χ0v) is 15.7. The van der Waals surface area contributed by atoms with E-state index in [9.17, 15) is 14.7 Å². The van der Waals surface area contributed by atoms with Crippen LogP contribution in [0.2, 0.25) is 0 Å². The fourth-order valence-electron chi connectivity index (χ4n) is 3.83. The molecule has 2 aromatic rings. The molecular formula is C19H24ClNO4. The van der Waals surface area contributed by atoms with Crippen LogP contribution in [-0.4, -0.2) is 25.2 Å². The number of aryl methyl sites for hydroxylation is 1. The second-order valence-corrected chi connectivity index (χ2v) is 6.62. The molecule has 1 heterocycles. The molecule has 6 heteroatoms. The van der Waals surface area contributed by atoms with Gasteiger partial charge in [-0.3, -0.25) is 4.79 Å². The summed E-state index contributed by atoms with van der Waals surface area (Å²) in [4.78, 5) is 26.0. The fraction of sp³-hybridized carbons (Fsp3) is 0.474. The van der Waals surface area contributed by atoms with E-state index in [4.69, 9.17) is 4.42 Å². The Hall–Kier alpha value is -2.01.